The molecule has 4 unspecified atom stereocenters. The molecule has 0 saturated carbocycles. The molecular weight excluding hydrogens is 1000 g/mol. The molecule has 0 aliphatic carbocycles. The number of aliphatic hydroxyl groups is 4. The molecule has 0 radical (unpaired) electrons. The topological polar surface area (TPSA) is 339 Å². The number of ether oxygens (including phenoxy) is 2. The van der Waals surface area contributed by atoms with Gasteiger partial charge < -0.3 is 35.2 Å². The number of ketones is 1. The van der Waals surface area contributed by atoms with E-state index < -0.39 is 83.9 Å². The zero-order chi connectivity index (χ0) is 56.0. The van der Waals surface area contributed by atoms with Gasteiger partial charge in [-0.1, -0.05) is 43.9 Å². The van der Waals surface area contributed by atoms with Crippen molar-refractivity contribution in [3.05, 3.63) is 147 Å². The van der Waals surface area contributed by atoms with Crippen LogP contribution in [0.1, 0.15) is 93.7 Å². The minimum Gasteiger partial charge on any atom is -0.394 e. The van der Waals surface area contributed by atoms with E-state index in [1.165, 1.54) is 69.1 Å². The second kappa shape index (κ2) is 27.3. The van der Waals surface area contributed by atoms with Crippen molar-refractivity contribution in [3.63, 3.8) is 0 Å². The zero-order valence-corrected chi connectivity index (χ0v) is 42.6. The molecule has 7 heterocycles. The van der Waals surface area contributed by atoms with Crippen molar-refractivity contribution in [2.24, 2.45) is 17.0 Å². The van der Waals surface area contributed by atoms with Crippen LogP contribution >= 0.6 is 0 Å². The molecule has 5 aromatic rings. The van der Waals surface area contributed by atoms with Gasteiger partial charge in [-0.3, -0.25) is 42.8 Å². The first kappa shape index (κ1) is 59.3. The van der Waals surface area contributed by atoms with Gasteiger partial charge in [-0.05, 0) is 61.9 Å². The molecule has 2 fully saturated rings. The molecule has 1 amide bonds. The Morgan fingerprint density at radius 2 is 1.37 bits per heavy atom. The summed E-state index contributed by atoms with van der Waals surface area (Å²) in [5.41, 5.74) is 7.94. The lowest BCUT2D eigenvalue weighted by Crippen LogP contribution is -2.42. The van der Waals surface area contributed by atoms with Gasteiger partial charge in [0.25, 0.3) is 11.1 Å². The van der Waals surface area contributed by atoms with Crippen LogP contribution in [-0.2, 0) is 45.1 Å². The Morgan fingerprint density at radius 3 is 1.86 bits per heavy atom. The first-order valence-corrected chi connectivity index (χ1v) is 24.1. The van der Waals surface area contributed by atoms with Gasteiger partial charge in [-0.25, -0.2) is 27.6 Å². The van der Waals surface area contributed by atoms with Gasteiger partial charge in [0.05, 0.1) is 63.0 Å². The van der Waals surface area contributed by atoms with E-state index in [-0.39, 0.29) is 86.1 Å². The smallest absolute Gasteiger partial charge is 0.333 e. The molecule has 0 spiro atoms. The van der Waals surface area contributed by atoms with E-state index in [4.69, 9.17) is 26.5 Å². The largest absolute Gasteiger partial charge is 0.394 e. The number of carbonyl (C=O) groups excluding carboxylic acids is 2. The lowest BCUT2D eigenvalue weighted by Gasteiger charge is -2.20. The number of Topliss-reactive ketones (excluding diaryl/α,β-unsaturated/α-hetero) is 1. The average Bonchev–Trinajstić information content (AvgIpc) is 4.12. The zero-order valence-electron chi connectivity index (χ0n) is 42.6. The van der Waals surface area contributed by atoms with Crippen LogP contribution in [0, 0.1) is 49.7 Å². The summed E-state index contributed by atoms with van der Waals surface area (Å²) in [5.74, 6) is 0.655. The van der Waals surface area contributed by atoms with E-state index in [1.807, 2.05) is 27.7 Å². The van der Waals surface area contributed by atoms with Crippen LogP contribution in [0.5, 0.6) is 0 Å². The third-order valence-electron chi connectivity index (χ3n) is 12.2. The summed E-state index contributed by atoms with van der Waals surface area (Å²) in [6.45, 7) is 9.34. The number of hydrogen-bond acceptors (Lipinski definition) is 17. The first-order chi connectivity index (χ1) is 36.1. The number of nitrogens with zero attached hydrogens (tertiary/aromatic N) is 12. The molecule has 7 rings (SSSR count). The molecule has 76 heavy (non-hydrogen) atoms. The van der Waals surface area contributed by atoms with Crippen molar-refractivity contribution in [2.75, 3.05) is 13.2 Å². The highest BCUT2D eigenvalue weighted by atomic mass is 19.1. The molecule has 5 aromatic heterocycles. The highest BCUT2D eigenvalue weighted by molar-refractivity contribution is 5.84. The number of rotatable bonds is 18. The molecule has 25 nitrogen and oxygen atoms in total. The number of aliphatic hydroxyl groups excluding tert-OH is 4. The van der Waals surface area contributed by atoms with Crippen molar-refractivity contribution in [1.29, 1.82) is 0 Å². The van der Waals surface area contributed by atoms with E-state index >= 15 is 0 Å². The maximum Gasteiger partial charge on any atom is 0.333 e. The quantitative estimate of drug-likeness (QED) is 0.0357. The summed E-state index contributed by atoms with van der Waals surface area (Å²) in [6, 6.07) is 3.56. The third-order valence-corrected chi connectivity index (χ3v) is 12.2. The van der Waals surface area contributed by atoms with Crippen LogP contribution in [-0.4, -0.2) is 119 Å². The third kappa shape index (κ3) is 15.1. The molecular formula is C49H61F2N13O12. The molecule has 27 heteroatoms. The van der Waals surface area contributed by atoms with Gasteiger partial charge >= 0.3 is 11.4 Å². The lowest BCUT2D eigenvalue weighted by molar-refractivity contribution is -0.126. The molecule has 2 aliphatic heterocycles. The molecule has 0 aromatic carbocycles. The van der Waals surface area contributed by atoms with E-state index in [0.29, 0.717) is 23.4 Å². The summed E-state index contributed by atoms with van der Waals surface area (Å²) in [5, 5.41) is 52.5. The molecule has 408 valence electrons. The Morgan fingerprint density at radius 1 is 0.842 bits per heavy atom. The molecule has 0 bridgehead atoms. The van der Waals surface area contributed by atoms with Gasteiger partial charge in [0.2, 0.25) is 5.91 Å². The fraction of sp³-hybridized carbons (Fsp3) is 0.510. The summed E-state index contributed by atoms with van der Waals surface area (Å²) < 4.78 is 43.0. The minimum atomic E-state index is -0.951. The highest BCUT2D eigenvalue weighted by Gasteiger charge is 2.37. The van der Waals surface area contributed by atoms with Gasteiger partial charge in [0.15, 0.2) is 0 Å². The van der Waals surface area contributed by atoms with E-state index in [2.05, 4.69) is 41.5 Å². The highest BCUT2D eigenvalue weighted by Crippen LogP contribution is 2.28. The van der Waals surface area contributed by atoms with Crippen LogP contribution in [0.2, 0.25) is 0 Å². The second-order valence-electron chi connectivity index (χ2n) is 18.6. The van der Waals surface area contributed by atoms with Gasteiger partial charge in [-0.15, -0.1) is 11.5 Å². The fourth-order valence-electron chi connectivity index (χ4n) is 8.25. The summed E-state index contributed by atoms with van der Waals surface area (Å²) in [7, 11) is 0. The maximum atomic E-state index is 13.4. The van der Waals surface area contributed by atoms with Gasteiger partial charge in [0, 0.05) is 65.8 Å². The predicted molar refractivity (Wildman–Crippen MR) is 266 cm³/mol. The normalized spacial score (nSPS) is 19.6. The average molecular weight is 1060 g/mol. The van der Waals surface area contributed by atoms with Crippen LogP contribution in [0.3, 0.4) is 0 Å². The molecule has 8 atom stereocenters. The predicted octanol–water partition coefficient (Wildman–Crippen LogP) is 1.30. The number of terminal acetylenes is 1. The molecule has 5 N–H and O–H groups in total. The summed E-state index contributed by atoms with van der Waals surface area (Å²) >= 11 is 0. The lowest BCUT2D eigenvalue weighted by atomic mass is 9.97. The Kier molecular flexibility index (Phi) is 21.3. The van der Waals surface area contributed by atoms with Crippen molar-refractivity contribution >= 4 is 11.7 Å². The number of carbonyl (C=O) groups is 2. The summed E-state index contributed by atoms with van der Waals surface area (Å²) in [4.78, 5) is 85.5. The van der Waals surface area contributed by atoms with Gasteiger partial charge in [-0.2, -0.15) is 0 Å². The summed E-state index contributed by atoms with van der Waals surface area (Å²) in [6.07, 6.45) is 7.90. The SMILES string of the molecule is C#CCn1c(=O)c(C)cn(C2C[C@H](O)C(CO)O2)c1=O.CC(C)[C@H](N=[N+]=[N-])C(=O)CCc1cc(F)ccn1.Cc1cn(C2C[C@H](O)C(CO)O2)c(=O)n(Cc2cn([C@H](C(=O)NCc3cc(F)ccn3)C(C)C)nn2)c1=O. The van der Waals surface area contributed by atoms with E-state index in [1.54, 1.807) is 13.8 Å². The Bertz CT molecular complexity index is 3160. The number of aromatic nitrogens is 9. The van der Waals surface area contributed by atoms with Crippen LogP contribution in [0.25, 0.3) is 10.4 Å². The second-order valence-corrected chi connectivity index (χ2v) is 18.6. The number of azide groups is 1. The van der Waals surface area contributed by atoms with Gasteiger partial charge in [0.1, 0.15) is 53.8 Å². The van der Waals surface area contributed by atoms with Crippen LogP contribution < -0.4 is 27.8 Å². The number of halogens is 2. The number of pyridine rings is 2. The number of amides is 1. The van der Waals surface area contributed by atoms with Crippen molar-refractivity contribution < 1.29 is 48.3 Å². The van der Waals surface area contributed by atoms with Crippen LogP contribution in [0.15, 0.2) is 79.5 Å². The Labute approximate surface area is 433 Å². The van der Waals surface area contributed by atoms with Crippen LogP contribution in [0.4, 0.5) is 8.78 Å². The Balaban J connectivity index is 0.000000235. The van der Waals surface area contributed by atoms with Crippen molar-refractivity contribution in [1.82, 2.24) is 48.5 Å². The molecule has 2 aliphatic rings. The monoisotopic (exact) mass is 1060 g/mol. The first-order valence-electron chi connectivity index (χ1n) is 24.1. The number of hydrogen-bond donors (Lipinski definition) is 5. The van der Waals surface area contributed by atoms with E-state index in [0.717, 1.165) is 9.13 Å². The maximum absolute atomic E-state index is 13.4. The van der Waals surface area contributed by atoms with Crippen molar-refractivity contribution in [3.8, 4) is 12.3 Å². The van der Waals surface area contributed by atoms with Crippen molar-refractivity contribution in [2.45, 2.75) is 136 Å². The number of nitrogens with one attached hydrogen (secondary N) is 1. The molecule has 2 saturated heterocycles. The number of aryl methyl sites for hydroxylation is 3. The fourth-order valence-corrected chi connectivity index (χ4v) is 8.25. The Hall–Kier alpha value is -7.57. The minimum absolute atomic E-state index is 0.0225. The standard InChI is InChI=1S/C24H30FN7O6.C13H16N2O5.C12H15FN4O/c1-13(2)21(22(35)27-8-16-6-15(25)4-5-26-16)32-11-17(28-29-32)10-31-23(36)14(3)9-30(24(31)37)20-7-18(34)19(12-33)38-20;1-3-4-14-12(18)8(2)6-15(13(14)19)11-5-9(17)10(7-16)20-11;1-8(2)12(16-17-14)11(18)4-3-10-7-9(13)5-6-15-10/h4-6,9,11,13,18-21,33-34H,7-8,10,12H2,1-3H3,(H,27,35);1,6,9-11,16-17H,4-5,7H2,2H3;5-8,12H,3-4H2,1-2H3/t18-,19?,20?,21-;9-,10?,11?;12-/m000/s1. The van der Waals surface area contributed by atoms with E-state index in [9.17, 15) is 52.9 Å².